The number of amides is 1. The molecule has 4 aliphatic rings. The Morgan fingerprint density at radius 3 is 2.47 bits per heavy atom. The van der Waals surface area contributed by atoms with Gasteiger partial charge in [-0.25, -0.2) is 22.6 Å². The number of nitrogens with zero attached hydrogens (tertiary/aromatic N) is 7. The predicted molar refractivity (Wildman–Crippen MR) is 200 cm³/mol. The Kier molecular flexibility index (Phi) is 9.81. The second-order valence-corrected chi connectivity index (χ2v) is 17.2. The van der Waals surface area contributed by atoms with Gasteiger partial charge in [0.25, 0.3) is 0 Å². The van der Waals surface area contributed by atoms with E-state index in [1.54, 1.807) is 37.6 Å². The molecule has 4 aliphatic heterocycles. The van der Waals surface area contributed by atoms with E-state index in [1.807, 2.05) is 11.8 Å². The third kappa shape index (κ3) is 7.12. The maximum absolute atomic E-state index is 17.4. The summed E-state index contributed by atoms with van der Waals surface area (Å²) in [7, 11) is 1.75. The summed E-state index contributed by atoms with van der Waals surface area (Å²) in [5.74, 6) is -2.49. The third-order valence-electron chi connectivity index (χ3n) is 11.8. The number of rotatable bonds is 6. The van der Waals surface area contributed by atoms with Crippen molar-refractivity contribution in [1.29, 1.82) is 0 Å². The summed E-state index contributed by atoms with van der Waals surface area (Å²) in [6.45, 7) is 9.53. The van der Waals surface area contributed by atoms with Crippen LogP contribution in [0.2, 0.25) is 0 Å². The molecule has 2 bridgehead atoms. The van der Waals surface area contributed by atoms with Gasteiger partial charge < -0.3 is 19.1 Å². The normalized spacial score (nSPS) is 25.9. The lowest BCUT2D eigenvalue weighted by Gasteiger charge is -2.47. The van der Waals surface area contributed by atoms with Crippen LogP contribution in [0.4, 0.5) is 37.0 Å². The van der Waals surface area contributed by atoms with Crippen molar-refractivity contribution in [2.75, 3.05) is 44.8 Å². The average Bonchev–Trinajstić information content (AvgIpc) is 3.75. The van der Waals surface area contributed by atoms with Crippen LogP contribution in [0.5, 0.6) is 6.01 Å². The molecule has 4 aromatic rings. The van der Waals surface area contributed by atoms with Gasteiger partial charge >= 0.3 is 18.3 Å². The number of fused-ring (bicyclic) bond motifs is 4. The fourth-order valence-corrected chi connectivity index (χ4v) is 9.23. The summed E-state index contributed by atoms with van der Waals surface area (Å²) in [6, 6.07) is 1.31. The van der Waals surface area contributed by atoms with Crippen molar-refractivity contribution in [3.05, 3.63) is 41.1 Å². The smallest absolute Gasteiger partial charge is 0.417 e. The first-order valence-electron chi connectivity index (χ1n) is 19.5. The maximum Gasteiger partial charge on any atom is 0.417 e. The number of likely N-dealkylation sites (tertiary alicyclic amines) is 1. The molecule has 2 aromatic heterocycles. The van der Waals surface area contributed by atoms with Crippen LogP contribution in [0, 0.1) is 18.6 Å². The van der Waals surface area contributed by atoms with Crippen LogP contribution < -0.4 is 9.64 Å². The van der Waals surface area contributed by atoms with Gasteiger partial charge in [0.2, 0.25) is 0 Å². The fraction of sp³-hybridized carbons (Fsp3) is 0.600. The van der Waals surface area contributed by atoms with Crippen LogP contribution in [-0.4, -0.2) is 105 Å². The lowest BCUT2D eigenvalue weighted by atomic mass is 9.90. The Hall–Kier alpha value is -4.38. The molecule has 0 saturated carbocycles. The summed E-state index contributed by atoms with van der Waals surface area (Å²) in [6.07, 6.45) is -2.24. The number of aryl methyl sites for hydroxylation is 1. The molecule has 4 saturated heterocycles. The molecule has 0 aliphatic carbocycles. The highest BCUT2D eigenvalue weighted by molar-refractivity contribution is 6.02. The molecule has 57 heavy (non-hydrogen) atoms. The van der Waals surface area contributed by atoms with E-state index in [2.05, 4.69) is 15.1 Å². The maximum atomic E-state index is 17.4. The quantitative estimate of drug-likeness (QED) is 0.178. The number of anilines is 1. The summed E-state index contributed by atoms with van der Waals surface area (Å²) in [5.41, 5.74) is -4.75. The molecule has 0 radical (unpaired) electrons. The molecule has 11 nitrogen and oxygen atoms in total. The van der Waals surface area contributed by atoms with E-state index in [0.29, 0.717) is 25.9 Å². The lowest BCUT2D eigenvalue weighted by Crippen LogP contribution is -2.63. The van der Waals surface area contributed by atoms with Gasteiger partial charge in [-0.15, -0.1) is 0 Å². The largest absolute Gasteiger partial charge is 0.462 e. The first-order valence-corrected chi connectivity index (χ1v) is 19.5. The van der Waals surface area contributed by atoms with Gasteiger partial charge in [-0.2, -0.15) is 28.2 Å². The van der Waals surface area contributed by atoms with E-state index in [9.17, 15) is 9.18 Å². The molecule has 4 fully saturated rings. The van der Waals surface area contributed by atoms with Crippen molar-refractivity contribution in [2.24, 2.45) is 0 Å². The van der Waals surface area contributed by atoms with E-state index in [4.69, 9.17) is 14.2 Å². The monoisotopic (exact) mass is 803 g/mol. The topological polar surface area (TPSA) is 98.1 Å². The summed E-state index contributed by atoms with van der Waals surface area (Å²) >= 11 is 0. The Labute approximate surface area is 326 Å². The van der Waals surface area contributed by atoms with Crippen molar-refractivity contribution < 1.29 is 45.3 Å². The number of piperazine rings is 1. The van der Waals surface area contributed by atoms with Crippen LogP contribution in [-0.2, 0) is 15.7 Å². The third-order valence-corrected chi connectivity index (χ3v) is 11.8. The Morgan fingerprint density at radius 2 is 1.82 bits per heavy atom. The van der Waals surface area contributed by atoms with Gasteiger partial charge in [-0.05, 0) is 97.9 Å². The van der Waals surface area contributed by atoms with Crippen LogP contribution >= 0.6 is 0 Å². The van der Waals surface area contributed by atoms with Gasteiger partial charge in [-0.1, -0.05) is 0 Å². The van der Waals surface area contributed by atoms with E-state index >= 15 is 22.0 Å². The number of hydrogen-bond donors (Lipinski definition) is 0. The Balaban J connectivity index is 1.29. The van der Waals surface area contributed by atoms with E-state index in [0.717, 1.165) is 18.9 Å². The molecular formula is C40H47F6N7O4. The van der Waals surface area contributed by atoms with Gasteiger partial charge in [-0.3, -0.25) is 9.80 Å². The zero-order valence-corrected chi connectivity index (χ0v) is 32.9. The standard InChI is InChI=1S/C40H47F6N7O4/c1-21-13-28-26(16-47-53(28)29-9-7-8-12-55-29)30(32(21)40(44,45)46)31-27(42)15-25-34(33(31)43)48-36(56-19-24-14-22(41)17-50(24)6)49-35(25)51-18-23-10-11-39(5,20-51)52(23)37(54)57-38(2,3)4/h13,15-16,22-24,29H,7-12,14,17-20H2,1-6H3/t22-,23-,24+,29?,39+/m1/s1. The Bertz CT molecular complexity index is 2220. The number of alkyl halides is 4. The van der Waals surface area contributed by atoms with Crippen LogP contribution in [0.25, 0.3) is 32.9 Å². The van der Waals surface area contributed by atoms with E-state index in [1.165, 1.54) is 23.9 Å². The number of halogens is 6. The first kappa shape index (κ1) is 39.4. The SMILES string of the molecule is Cc1cc2c(cnn2C2CCCCO2)c(-c2c(F)cc3c(N4C[C@H]5CC[C@@](C)(C4)N5C(=O)OC(C)(C)C)nc(OC[C@@H]4C[C@@H](F)CN4C)nc3c2F)c1C(F)(F)F. The number of likely N-dealkylation sites (N-methyl/N-ethyl adjacent to an activating group) is 1. The highest BCUT2D eigenvalue weighted by Gasteiger charge is 2.52. The van der Waals surface area contributed by atoms with Gasteiger partial charge in [0.1, 0.15) is 35.5 Å². The summed E-state index contributed by atoms with van der Waals surface area (Å²) in [4.78, 5) is 27.8. The molecule has 1 amide bonds. The number of carbonyl (C=O) groups excluding carboxylic acids is 1. The minimum absolute atomic E-state index is 0.0521. The Morgan fingerprint density at radius 1 is 1.05 bits per heavy atom. The second kappa shape index (κ2) is 14.2. The van der Waals surface area contributed by atoms with Crippen LogP contribution in [0.1, 0.15) is 83.6 Å². The molecule has 8 rings (SSSR count). The van der Waals surface area contributed by atoms with Crippen molar-refractivity contribution in [3.63, 3.8) is 0 Å². The number of hydrogen-bond acceptors (Lipinski definition) is 9. The lowest BCUT2D eigenvalue weighted by molar-refractivity contribution is -0.137. The molecule has 5 atom stereocenters. The molecular weight excluding hydrogens is 756 g/mol. The van der Waals surface area contributed by atoms with Gasteiger partial charge in [0, 0.05) is 48.6 Å². The zero-order valence-electron chi connectivity index (χ0n) is 32.9. The number of aromatic nitrogens is 4. The summed E-state index contributed by atoms with van der Waals surface area (Å²) < 4.78 is 113. The number of carbonyl (C=O) groups is 1. The molecule has 17 heteroatoms. The predicted octanol–water partition coefficient (Wildman–Crippen LogP) is 8.35. The van der Waals surface area contributed by atoms with Gasteiger partial charge in [0.15, 0.2) is 12.0 Å². The molecule has 2 aromatic carbocycles. The minimum Gasteiger partial charge on any atom is -0.462 e. The second-order valence-electron chi connectivity index (χ2n) is 17.2. The van der Waals surface area contributed by atoms with Crippen LogP contribution in [0.3, 0.4) is 0 Å². The number of benzene rings is 2. The highest BCUT2D eigenvalue weighted by Crippen LogP contribution is 2.48. The minimum atomic E-state index is -5.00. The molecule has 0 spiro atoms. The van der Waals surface area contributed by atoms with Crippen LogP contribution in [0.15, 0.2) is 18.3 Å². The van der Waals surface area contributed by atoms with Gasteiger partial charge in [0.05, 0.1) is 34.4 Å². The molecule has 308 valence electrons. The zero-order chi connectivity index (χ0) is 40.8. The van der Waals surface area contributed by atoms with E-state index in [-0.39, 0.29) is 78.4 Å². The highest BCUT2D eigenvalue weighted by atomic mass is 19.4. The van der Waals surface area contributed by atoms with Crippen molar-refractivity contribution in [2.45, 2.75) is 115 Å². The fourth-order valence-electron chi connectivity index (χ4n) is 9.23. The van der Waals surface area contributed by atoms with Crippen molar-refractivity contribution >= 4 is 33.7 Å². The van der Waals surface area contributed by atoms with Crippen molar-refractivity contribution in [1.82, 2.24) is 29.5 Å². The molecule has 1 unspecified atom stereocenters. The average molecular weight is 804 g/mol. The molecule has 6 heterocycles. The van der Waals surface area contributed by atoms with E-state index < -0.39 is 69.7 Å². The summed E-state index contributed by atoms with van der Waals surface area (Å²) in [5, 5.41) is 4.20. The molecule has 0 N–H and O–H groups in total. The van der Waals surface area contributed by atoms with Crippen molar-refractivity contribution in [3.8, 4) is 17.1 Å². The first-order chi connectivity index (χ1) is 26.8. The number of ether oxygens (including phenoxy) is 3.